The average molecular weight is 577 g/mol. The van der Waals surface area contributed by atoms with E-state index in [0.717, 1.165) is 35.5 Å². The zero-order valence-electron chi connectivity index (χ0n) is 23.4. The average Bonchev–Trinajstić information content (AvgIpc) is 3.60. The Bertz CT molecular complexity index is 1540. The molecule has 2 unspecified atom stereocenters. The predicted octanol–water partition coefficient (Wildman–Crippen LogP) is 5.76. The van der Waals surface area contributed by atoms with Crippen LogP contribution < -0.4 is 14.4 Å². The number of carbonyl (C=O) groups excluding carboxylic acids is 3. The third kappa shape index (κ3) is 5.44. The first kappa shape index (κ1) is 28.4. The number of aromatic nitrogens is 1. The molecule has 1 N–H and O–H groups in total. The van der Waals surface area contributed by atoms with Gasteiger partial charge in [0.1, 0.15) is 28.2 Å². The minimum atomic E-state index is -1.01. The monoisotopic (exact) mass is 576 g/mol. The number of carbonyl (C=O) groups is 3. The second-order valence-corrected chi connectivity index (χ2v) is 11.0. The van der Waals surface area contributed by atoms with E-state index >= 15 is 0 Å². The van der Waals surface area contributed by atoms with Gasteiger partial charge in [0.2, 0.25) is 0 Å². The van der Waals surface area contributed by atoms with Crippen molar-refractivity contribution in [2.45, 2.75) is 59.1 Å². The summed E-state index contributed by atoms with van der Waals surface area (Å²) in [5.74, 6) is -1.24. The number of hydrogen-bond donors (Lipinski definition) is 1. The van der Waals surface area contributed by atoms with Crippen LogP contribution in [0.3, 0.4) is 0 Å². The number of aryl methyl sites for hydroxylation is 1. The Morgan fingerprint density at radius 1 is 1.20 bits per heavy atom. The number of thiazole rings is 1. The Hall–Kier alpha value is -4.18. The van der Waals surface area contributed by atoms with Gasteiger partial charge < -0.3 is 19.3 Å². The van der Waals surface area contributed by atoms with Crippen molar-refractivity contribution >= 4 is 39.9 Å². The number of Topliss-reactive ketones (excluding diaryl/α,β-unsaturated/α-hetero) is 1. The molecule has 5 rings (SSSR count). The largest absolute Gasteiger partial charge is 0.507 e. The van der Waals surface area contributed by atoms with Gasteiger partial charge in [0, 0.05) is 12.0 Å². The van der Waals surface area contributed by atoms with E-state index in [0.29, 0.717) is 35.6 Å². The molecule has 1 amide bonds. The molecular weight excluding hydrogens is 544 g/mol. The lowest BCUT2D eigenvalue weighted by molar-refractivity contribution is -0.132. The number of ether oxygens (including phenoxy) is 3. The van der Waals surface area contributed by atoms with Crippen LogP contribution in [-0.2, 0) is 20.7 Å². The van der Waals surface area contributed by atoms with Gasteiger partial charge in [-0.2, -0.15) is 0 Å². The van der Waals surface area contributed by atoms with Crippen LogP contribution in [0.5, 0.6) is 11.5 Å². The molecule has 1 fully saturated rings. The summed E-state index contributed by atoms with van der Waals surface area (Å²) in [6, 6.07) is 11.3. The fourth-order valence-electron chi connectivity index (χ4n) is 5.05. The highest BCUT2D eigenvalue weighted by Gasteiger charge is 2.48. The Balaban J connectivity index is 1.64. The number of ketones is 1. The van der Waals surface area contributed by atoms with E-state index in [1.165, 1.54) is 4.90 Å². The zero-order valence-corrected chi connectivity index (χ0v) is 24.2. The summed E-state index contributed by atoms with van der Waals surface area (Å²) < 4.78 is 16.9. The van der Waals surface area contributed by atoms with Crippen LogP contribution in [0.1, 0.15) is 71.7 Å². The van der Waals surface area contributed by atoms with Gasteiger partial charge in [0.15, 0.2) is 5.13 Å². The summed E-state index contributed by atoms with van der Waals surface area (Å²) in [6.45, 7) is 8.08. The molecule has 2 aliphatic rings. The van der Waals surface area contributed by atoms with E-state index in [9.17, 15) is 19.5 Å². The lowest BCUT2D eigenvalue weighted by Gasteiger charge is -2.23. The summed E-state index contributed by atoms with van der Waals surface area (Å²) in [7, 11) is 0. The van der Waals surface area contributed by atoms with Crippen molar-refractivity contribution in [1.29, 1.82) is 0 Å². The number of aliphatic hydroxyl groups is 1. The number of rotatable bonds is 9. The number of amides is 1. The van der Waals surface area contributed by atoms with Crippen molar-refractivity contribution in [3.05, 3.63) is 75.3 Å². The van der Waals surface area contributed by atoms with Gasteiger partial charge in [0.25, 0.3) is 5.78 Å². The van der Waals surface area contributed by atoms with Crippen LogP contribution in [0.2, 0.25) is 0 Å². The zero-order chi connectivity index (χ0) is 29.3. The van der Waals surface area contributed by atoms with Crippen LogP contribution in [-0.4, -0.2) is 47.1 Å². The summed E-state index contributed by atoms with van der Waals surface area (Å²) >= 11 is 0.971. The number of nitrogens with zero attached hydrogens (tertiary/aromatic N) is 2. The number of hydrogen-bond acceptors (Lipinski definition) is 9. The van der Waals surface area contributed by atoms with Crippen LogP contribution in [0.25, 0.3) is 5.76 Å². The number of fused-ring (bicyclic) bond motifs is 1. The van der Waals surface area contributed by atoms with E-state index < -0.39 is 23.7 Å². The molecule has 0 bridgehead atoms. The first-order valence-corrected chi connectivity index (χ1v) is 14.5. The quantitative estimate of drug-likeness (QED) is 0.112. The second-order valence-electron chi connectivity index (χ2n) is 10.0. The van der Waals surface area contributed by atoms with Gasteiger partial charge in [-0.25, -0.2) is 9.78 Å². The van der Waals surface area contributed by atoms with E-state index in [1.54, 1.807) is 56.3 Å². The summed E-state index contributed by atoms with van der Waals surface area (Å²) in [6.07, 6.45) is 2.51. The lowest BCUT2D eigenvalue weighted by Crippen LogP contribution is -2.29. The van der Waals surface area contributed by atoms with Gasteiger partial charge >= 0.3 is 11.9 Å². The molecule has 0 aliphatic carbocycles. The number of unbranched alkanes of at least 4 members (excludes halogenated alkanes) is 1. The summed E-state index contributed by atoms with van der Waals surface area (Å²) in [5, 5.41) is 11.7. The molecule has 214 valence electrons. The van der Waals surface area contributed by atoms with Crippen LogP contribution in [0, 0.1) is 6.92 Å². The molecule has 0 radical (unpaired) electrons. The number of anilines is 1. The SMILES string of the molecule is CCCCOc1cccc(C2/C(=C(/O)c3ccc4c(c3)CC(C)O4)C(=O)C(=O)N2c2nc(C)c(C(=O)OCC)s2)c1. The molecule has 1 aromatic heterocycles. The smallest absolute Gasteiger partial charge is 0.350 e. The van der Waals surface area contributed by atoms with E-state index in [4.69, 9.17) is 14.2 Å². The highest BCUT2D eigenvalue weighted by atomic mass is 32.1. The molecule has 2 aliphatic heterocycles. The second kappa shape index (κ2) is 11.7. The van der Waals surface area contributed by atoms with Crippen molar-refractivity contribution in [2.75, 3.05) is 18.1 Å². The van der Waals surface area contributed by atoms with Gasteiger partial charge in [-0.15, -0.1) is 0 Å². The molecule has 2 atom stereocenters. The minimum absolute atomic E-state index is 0.00478. The predicted molar refractivity (Wildman–Crippen MR) is 155 cm³/mol. The van der Waals surface area contributed by atoms with Gasteiger partial charge in [-0.05, 0) is 68.7 Å². The Morgan fingerprint density at radius 3 is 2.76 bits per heavy atom. The number of aliphatic hydroxyl groups excluding tert-OH is 1. The Kier molecular flexibility index (Phi) is 8.12. The third-order valence-corrected chi connectivity index (χ3v) is 8.14. The molecule has 0 spiro atoms. The first-order valence-electron chi connectivity index (χ1n) is 13.7. The summed E-state index contributed by atoms with van der Waals surface area (Å²) in [5.41, 5.74) is 2.19. The highest BCUT2D eigenvalue weighted by molar-refractivity contribution is 7.17. The molecule has 9 nitrogen and oxygen atoms in total. The molecule has 3 heterocycles. The van der Waals surface area contributed by atoms with Gasteiger partial charge in [0.05, 0.1) is 30.5 Å². The Labute approximate surface area is 242 Å². The first-order chi connectivity index (χ1) is 19.7. The molecule has 10 heteroatoms. The molecule has 1 saturated heterocycles. The standard InChI is InChI=1S/C31H32N2O7S/c1-5-7-13-39-22-10-8-9-19(16-22)25-24(26(34)20-11-12-23-21(15-20)14-17(3)40-23)27(35)29(36)33(25)31-32-18(4)28(41-31)30(37)38-6-2/h8-12,15-17,25,34H,5-7,13-14H2,1-4H3/b26-24-. The molecule has 2 aromatic carbocycles. The van der Waals surface area contributed by atoms with E-state index in [1.807, 2.05) is 6.92 Å². The normalized spacial score (nSPS) is 19.3. The van der Waals surface area contributed by atoms with Crippen LogP contribution >= 0.6 is 11.3 Å². The van der Waals surface area contributed by atoms with Crippen molar-refractivity contribution in [1.82, 2.24) is 4.98 Å². The van der Waals surface area contributed by atoms with Crippen molar-refractivity contribution in [3.8, 4) is 11.5 Å². The third-order valence-electron chi connectivity index (χ3n) is 7.01. The highest BCUT2D eigenvalue weighted by Crippen LogP contribution is 2.45. The molecular formula is C31H32N2O7S. The van der Waals surface area contributed by atoms with Crippen molar-refractivity contribution in [3.63, 3.8) is 0 Å². The summed E-state index contributed by atoms with van der Waals surface area (Å²) in [4.78, 5) is 45.7. The van der Waals surface area contributed by atoms with Gasteiger partial charge in [-0.1, -0.05) is 36.8 Å². The fourth-order valence-corrected chi connectivity index (χ4v) is 6.04. The topological polar surface area (TPSA) is 115 Å². The fraction of sp³-hybridized carbons (Fsp3) is 0.355. The maximum absolute atomic E-state index is 13.6. The van der Waals surface area contributed by atoms with E-state index in [2.05, 4.69) is 11.9 Å². The minimum Gasteiger partial charge on any atom is -0.507 e. The molecule has 0 saturated carbocycles. The van der Waals surface area contributed by atoms with Crippen molar-refractivity contribution in [2.24, 2.45) is 0 Å². The maximum Gasteiger partial charge on any atom is 0.350 e. The molecule has 41 heavy (non-hydrogen) atoms. The Morgan fingerprint density at radius 2 is 2.00 bits per heavy atom. The van der Waals surface area contributed by atoms with Crippen LogP contribution in [0.4, 0.5) is 5.13 Å². The van der Waals surface area contributed by atoms with Crippen molar-refractivity contribution < 1.29 is 33.7 Å². The van der Waals surface area contributed by atoms with E-state index in [-0.39, 0.29) is 34.1 Å². The van der Waals surface area contributed by atoms with Crippen LogP contribution in [0.15, 0.2) is 48.0 Å². The maximum atomic E-state index is 13.6. The number of benzene rings is 2. The lowest BCUT2D eigenvalue weighted by atomic mass is 9.94. The molecule has 3 aromatic rings. The van der Waals surface area contributed by atoms with Gasteiger partial charge in [-0.3, -0.25) is 14.5 Å². The number of esters is 1.